The van der Waals surface area contributed by atoms with Gasteiger partial charge in [-0.3, -0.25) is 9.69 Å². The minimum atomic E-state index is 0.109. The van der Waals surface area contributed by atoms with Gasteiger partial charge in [-0.2, -0.15) is 0 Å². The summed E-state index contributed by atoms with van der Waals surface area (Å²) in [4.78, 5) is 15.9. The number of rotatable bonds is 8. The van der Waals surface area contributed by atoms with Gasteiger partial charge in [-0.05, 0) is 33.2 Å². The van der Waals surface area contributed by atoms with Gasteiger partial charge in [-0.25, -0.2) is 0 Å². The minimum Gasteiger partial charge on any atom is -0.395 e. The van der Waals surface area contributed by atoms with E-state index in [1.54, 1.807) is 0 Å². The predicted octanol–water partition coefficient (Wildman–Crippen LogP) is -0.0989. The van der Waals surface area contributed by atoms with Crippen LogP contribution in [0.1, 0.15) is 26.7 Å². The van der Waals surface area contributed by atoms with E-state index in [1.807, 2.05) is 18.7 Å². The molecule has 1 aliphatic heterocycles. The summed E-state index contributed by atoms with van der Waals surface area (Å²) in [5, 5.41) is 12.5. The van der Waals surface area contributed by atoms with Crippen molar-refractivity contribution >= 4 is 5.91 Å². The number of aliphatic hydroxyl groups is 1. The van der Waals surface area contributed by atoms with Crippen molar-refractivity contribution in [1.29, 1.82) is 0 Å². The Bertz CT molecular complexity index is 238. The lowest BCUT2D eigenvalue weighted by Gasteiger charge is -2.27. The zero-order chi connectivity index (χ0) is 13.4. The number of nitrogens with one attached hydrogen (secondary N) is 1. The highest BCUT2D eigenvalue weighted by molar-refractivity contribution is 5.78. The van der Waals surface area contributed by atoms with Crippen LogP contribution >= 0.6 is 0 Å². The van der Waals surface area contributed by atoms with Crippen LogP contribution in [0.25, 0.3) is 0 Å². The number of carbonyl (C=O) groups is 1. The van der Waals surface area contributed by atoms with Crippen molar-refractivity contribution in [3.63, 3.8) is 0 Å². The maximum absolute atomic E-state index is 12.0. The third kappa shape index (κ3) is 4.92. The molecule has 1 unspecified atom stereocenters. The molecule has 2 N–H and O–H groups in total. The average Bonchev–Trinajstić information content (AvgIpc) is 2.83. The van der Waals surface area contributed by atoms with Gasteiger partial charge < -0.3 is 15.3 Å². The molecule has 1 atom stereocenters. The monoisotopic (exact) mass is 257 g/mol. The van der Waals surface area contributed by atoms with Crippen LogP contribution in [0.4, 0.5) is 0 Å². The molecule has 1 heterocycles. The highest BCUT2D eigenvalue weighted by Gasteiger charge is 2.20. The summed E-state index contributed by atoms with van der Waals surface area (Å²) in [5.41, 5.74) is 0. The molecule has 0 saturated carbocycles. The molecule has 1 amide bonds. The Morgan fingerprint density at radius 2 is 2.11 bits per heavy atom. The summed E-state index contributed by atoms with van der Waals surface area (Å²) in [7, 11) is 0. The van der Waals surface area contributed by atoms with Crippen molar-refractivity contribution in [2.45, 2.75) is 32.7 Å². The Labute approximate surface area is 110 Å². The Hall–Kier alpha value is -0.650. The third-order valence-corrected chi connectivity index (χ3v) is 3.53. The normalized spacial score (nSPS) is 19.4. The molecular formula is C13H27N3O2. The maximum atomic E-state index is 12.0. The molecular weight excluding hydrogens is 230 g/mol. The molecule has 1 rings (SSSR count). The molecule has 0 aliphatic carbocycles. The van der Waals surface area contributed by atoms with Crippen LogP contribution in [0.3, 0.4) is 0 Å². The standard InChI is InChI=1S/C13H27N3O2/c1-3-16(4-2)13(18)11-15(8-9-17)10-12-6-5-7-14-12/h12,14,17H,3-11H2,1-2H3. The lowest BCUT2D eigenvalue weighted by Crippen LogP contribution is -2.45. The van der Waals surface area contributed by atoms with Gasteiger partial charge in [0, 0.05) is 32.2 Å². The van der Waals surface area contributed by atoms with Gasteiger partial charge in [0.05, 0.1) is 13.2 Å². The first-order valence-corrected chi connectivity index (χ1v) is 7.05. The molecule has 0 aromatic carbocycles. The average molecular weight is 257 g/mol. The summed E-state index contributed by atoms with van der Waals surface area (Å²) in [6.45, 7) is 8.53. The second-order valence-electron chi connectivity index (χ2n) is 4.82. The number of nitrogens with zero attached hydrogens (tertiary/aromatic N) is 2. The molecule has 5 heteroatoms. The van der Waals surface area contributed by atoms with Crippen LogP contribution in [0.15, 0.2) is 0 Å². The second kappa shape index (κ2) is 8.45. The fourth-order valence-electron chi connectivity index (χ4n) is 2.47. The van der Waals surface area contributed by atoms with Crippen molar-refractivity contribution in [2.75, 3.05) is 45.9 Å². The molecule has 18 heavy (non-hydrogen) atoms. The maximum Gasteiger partial charge on any atom is 0.236 e. The quantitative estimate of drug-likeness (QED) is 0.638. The zero-order valence-corrected chi connectivity index (χ0v) is 11.7. The molecule has 106 valence electrons. The summed E-state index contributed by atoms with van der Waals surface area (Å²) in [6.07, 6.45) is 2.38. The van der Waals surface area contributed by atoms with Crippen molar-refractivity contribution in [1.82, 2.24) is 15.1 Å². The predicted molar refractivity (Wildman–Crippen MR) is 72.5 cm³/mol. The van der Waals surface area contributed by atoms with Crippen LogP contribution in [0.5, 0.6) is 0 Å². The topological polar surface area (TPSA) is 55.8 Å². The Morgan fingerprint density at radius 1 is 1.39 bits per heavy atom. The molecule has 1 saturated heterocycles. The van der Waals surface area contributed by atoms with E-state index in [2.05, 4.69) is 10.2 Å². The van der Waals surface area contributed by atoms with Crippen LogP contribution in [-0.2, 0) is 4.79 Å². The first kappa shape index (κ1) is 15.4. The molecule has 0 aromatic rings. The smallest absolute Gasteiger partial charge is 0.236 e. The molecule has 0 spiro atoms. The Morgan fingerprint density at radius 3 is 2.61 bits per heavy atom. The highest BCUT2D eigenvalue weighted by Crippen LogP contribution is 2.07. The van der Waals surface area contributed by atoms with E-state index in [0.29, 0.717) is 19.1 Å². The van der Waals surface area contributed by atoms with Gasteiger partial charge >= 0.3 is 0 Å². The van der Waals surface area contributed by atoms with Crippen LogP contribution < -0.4 is 5.32 Å². The summed E-state index contributed by atoms with van der Waals surface area (Å²) in [5.74, 6) is 0.159. The fraction of sp³-hybridized carbons (Fsp3) is 0.923. The SMILES string of the molecule is CCN(CC)C(=O)CN(CCO)CC1CCCN1. The fourth-order valence-corrected chi connectivity index (χ4v) is 2.47. The Kier molecular flexibility index (Phi) is 7.23. The molecule has 0 aromatic heterocycles. The summed E-state index contributed by atoms with van der Waals surface area (Å²) >= 11 is 0. The van der Waals surface area contributed by atoms with E-state index >= 15 is 0 Å². The first-order chi connectivity index (χ1) is 8.71. The molecule has 0 radical (unpaired) electrons. The third-order valence-electron chi connectivity index (χ3n) is 3.53. The second-order valence-corrected chi connectivity index (χ2v) is 4.82. The van der Waals surface area contributed by atoms with Crippen LogP contribution in [-0.4, -0.2) is 72.7 Å². The lowest BCUT2D eigenvalue weighted by molar-refractivity contribution is -0.132. The van der Waals surface area contributed by atoms with Crippen molar-refractivity contribution in [3.8, 4) is 0 Å². The van der Waals surface area contributed by atoms with Gasteiger partial charge in [0.1, 0.15) is 0 Å². The molecule has 0 bridgehead atoms. The number of hydrogen-bond acceptors (Lipinski definition) is 4. The highest BCUT2D eigenvalue weighted by atomic mass is 16.3. The largest absolute Gasteiger partial charge is 0.395 e. The van der Waals surface area contributed by atoms with Gasteiger partial charge in [-0.1, -0.05) is 0 Å². The summed E-state index contributed by atoms with van der Waals surface area (Å²) in [6, 6.07) is 0.473. The van der Waals surface area contributed by atoms with Crippen LogP contribution in [0.2, 0.25) is 0 Å². The zero-order valence-electron chi connectivity index (χ0n) is 11.7. The number of hydrogen-bond donors (Lipinski definition) is 2. The van der Waals surface area contributed by atoms with Gasteiger partial charge in [0.25, 0.3) is 0 Å². The lowest BCUT2D eigenvalue weighted by atomic mass is 10.2. The first-order valence-electron chi connectivity index (χ1n) is 7.05. The number of likely N-dealkylation sites (N-methyl/N-ethyl adjacent to an activating group) is 1. The van der Waals surface area contributed by atoms with E-state index in [4.69, 9.17) is 5.11 Å². The van der Waals surface area contributed by atoms with Crippen LogP contribution in [0, 0.1) is 0 Å². The van der Waals surface area contributed by atoms with Crippen molar-refractivity contribution in [3.05, 3.63) is 0 Å². The van der Waals surface area contributed by atoms with Crippen molar-refractivity contribution in [2.24, 2.45) is 0 Å². The van der Waals surface area contributed by atoms with E-state index < -0.39 is 0 Å². The van der Waals surface area contributed by atoms with E-state index in [0.717, 1.165) is 26.2 Å². The summed E-state index contributed by atoms with van der Waals surface area (Å²) < 4.78 is 0. The Balaban J connectivity index is 2.42. The van der Waals surface area contributed by atoms with E-state index in [1.165, 1.54) is 12.8 Å². The van der Waals surface area contributed by atoms with E-state index in [9.17, 15) is 4.79 Å². The van der Waals surface area contributed by atoms with E-state index in [-0.39, 0.29) is 12.5 Å². The van der Waals surface area contributed by atoms with Crippen molar-refractivity contribution < 1.29 is 9.90 Å². The van der Waals surface area contributed by atoms with Gasteiger partial charge in [-0.15, -0.1) is 0 Å². The van der Waals surface area contributed by atoms with Gasteiger partial charge in [0.2, 0.25) is 5.91 Å². The molecule has 1 fully saturated rings. The number of aliphatic hydroxyl groups excluding tert-OH is 1. The minimum absolute atomic E-state index is 0.109. The molecule has 1 aliphatic rings. The number of carbonyl (C=O) groups excluding carboxylic acids is 1. The number of amides is 1. The van der Waals surface area contributed by atoms with Gasteiger partial charge in [0.15, 0.2) is 0 Å². The molecule has 5 nitrogen and oxygen atoms in total.